The standard InChI is InChI=1S/C14H23N3O3/c1-10-12(11(2)20-17-10)8-16-13(18)14(9-19-3)4-6-15-7-5-14/h15H,4-9H2,1-3H3,(H,16,18). The highest BCUT2D eigenvalue weighted by molar-refractivity contribution is 5.83. The van der Waals surface area contributed by atoms with Crippen LogP contribution in [0.15, 0.2) is 4.52 Å². The van der Waals surface area contributed by atoms with Crippen LogP contribution < -0.4 is 10.6 Å². The number of methoxy groups -OCH3 is 1. The van der Waals surface area contributed by atoms with Crippen LogP contribution >= 0.6 is 0 Å². The van der Waals surface area contributed by atoms with E-state index < -0.39 is 5.41 Å². The lowest BCUT2D eigenvalue weighted by atomic mass is 9.78. The first kappa shape index (κ1) is 15.0. The Labute approximate surface area is 119 Å². The van der Waals surface area contributed by atoms with Crippen molar-refractivity contribution in [3.8, 4) is 0 Å². The molecule has 0 aliphatic carbocycles. The van der Waals surface area contributed by atoms with E-state index >= 15 is 0 Å². The van der Waals surface area contributed by atoms with Gasteiger partial charge in [0.2, 0.25) is 5.91 Å². The molecule has 0 bridgehead atoms. The summed E-state index contributed by atoms with van der Waals surface area (Å²) in [6.07, 6.45) is 1.60. The van der Waals surface area contributed by atoms with Crippen LogP contribution in [-0.4, -0.2) is 37.9 Å². The van der Waals surface area contributed by atoms with Gasteiger partial charge in [-0.2, -0.15) is 0 Å². The van der Waals surface area contributed by atoms with E-state index in [-0.39, 0.29) is 5.91 Å². The van der Waals surface area contributed by atoms with Crippen molar-refractivity contribution in [1.29, 1.82) is 0 Å². The zero-order valence-electron chi connectivity index (χ0n) is 12.4. The Bertz CT molecular complexity index is 439. The molecule has 0 aromatic carbocycles. The molecule has 112 valence electrons. The molecule has 2 rings (SSSR count). The maximum absolute atomic E-state index is 12.6. The molecule has 6 heteroatoms. The van der Waals surface area contributed by atoms with Crippen LogP contribution in [0.25, 0.3) is 0 Å². The van der Waals surface area contributed by atoms with Gasteiger partial charge in [-0.3, -0.25) is 4.79 Å². The Kier molecular flexibility index (Phi) is 4.77. The van der Waals surface area contributed by atoms with Crippen molar-refractivity contribution in [2.24, 2.45) is 5.41 Å². The number of hydrogen-bond donors (Lipinski definition) is 2. The molecule has 0 saturated carbocycles. The fourth-order valence-corrected chi connectivity index (χ4v) is 2.73. The van der Waals surface area contributed by atoms with Crippen LogP contribution in [0.1, 0.15) is 29.9 Å². The molecule has 1 aliphatic rings. The summed E-state index contributed by atoms with van der Waals surface area (Å²) in [5, 5.41) is 10.2. The lowest BCUT2D eigenvalue weighted by molar-refractivity contribution is -0.136. The molecule has 1 fully saturated rings. The minimum atomic E-state index is -0.418. The maximum Gasteiger partial charge on any atom is 0.228 e. The third-order valence-corrected chi connectivity index (χ3v) is 4.07. The number of carbonyl (C=O) groups is 1. The Morgan fingerprint density at radius 2 is 2.15 bits per heavy atom. The largest absolute Gasteiger partial charge is 0.384 e. The third-order valence-electron chi connectivity index (χ3n) is 4.07. The average Bonchev–Trinajstić information content (AvgIpc) is 2.77. The minimum Gasteiger partial charge on any atom is -0.384 e. The zero-order valence-corrected chi connectivity index (χ0v) is 12.4. The van der Waals surface area contributed by atoms with Gasteiger partial charge in [-0.05, 0) is 39.8 Å². The molecule has 1 aromatic heterocycles. The topological polar surface area (TPSA) is 76.4 Å². The molecule has 0 atom stereocenters. The first-order valence-corrected chi connectivity index (χ1v) is 6.99. The van der Waals surface area contributed by atoms with Crippen molar-refractivity contribution in [1.82, 2.24) is 15.8 Å². The summed E-state index contributed by atoms with van der Waals surface area (Å²) in [7, 11) is 1.64. The number of ether oxygens (including phenoxy) is 1. The van der Waals surface area contributed by atoms with Crippen molar-refractivity contribution in [2.45, 2.75) is 33.2 Å². The summed E-state index contributed by atoms with van der Waals surface area (Å²) in [5.74, 6) is 0.815. The molecular formula is C14H23N3O3. The third kappa shape index (κ3) is 3.02. The number of amides is 1. The molecule has 1 aliphatic heterocycles. The average molecular weight is 281 g/mol. The summed E-state index contributed by atoms with van der Waals surface area (Å²) >= 11 is 0. The van der Waals surface area contributed by atoms with Gasteiger partial charge in [0.1, 0.15) is 5.76 Å². The maximum atomic E-state index is 12.6. The number of nitrogens with zero attached hydrogens (tertiary/aromatic N) is 1. The number of hydrogen-bond acceptors (Lipinski definition) is 5. The molecule has 6 nitrogen and oxygen atoms in total. The van der Waals surface area contributed by atoms with Crippen LogP contribution in [0.5, 0.6) is 0 Å². The van der Waals surface area contributed by atoms with E-state index in [0.717, 1.165) is 42.9 Å². The molecule has 1 saturated heterocycles. The second-order valence-corrected chi connectivity index (χ2v) is 5.45. The summed E-state index contributed by atoms with van der Waals surface area (Å²) in [6, 6.07) is 0. The van der Waals surface area contributed by atoms with Crippen molar-refractivity contribution in [2.75, 3.05) is 26.8 Å². The van der Waals surface area contributed by atoms with Crippen LogP contribution in [-0.2, 0) is 16.1 Å². The number of carbonyl (C=O) groups excluding carboxylic acids is 1. The Hall–Kier alpha value is -1.40. The summed E-state index contributed by atoms with van der Waals surface area (Å²) in [5.41, 5.74) is 1.37. The SMILES string of the molecule is COCC1(C(=O)NCc2c(C)noc2C)CCNCC1. The fraction of sp³-hybridized carbons (Fsp3) is 0.714. The summed E-state index contributed by atoms with van der Waals surface area (Å²) in [4.78, 5) is 12.6. The number of aryl methyl sites for hydroxylation is 2. The molecule has 2 heterocycles. The highest BCUT2D eigenvalue weighted by Crippen LogP contribution is 2.29. The quantitative estimate of drug-likeness (QED) is 0.839. The Morgan fingerprint density at radius 3 is 2.70 bits per heavy atom. The molecule has 0 spiro atoms. The molecule has 20 heavy (non-hydrogen) atoms. The highest BCUT2D eigenvalue weighted by Gasteiger charge is 2.39. The molecule has 1 aromatic rings. The van der Waals surface area contributed by atoms with Gasteiger partial charge in [0.05, 0.1) is 17.7 Å². The Balaban J connectivity index is 2.02. The molecular weight excluding hydrogens is 258 g/mol. The van der Waals surface area contributed by atoms with Gasteiger partial charge in [0, 0.05) is 19.2 Å². The monoisotopic (exact) mass is 281 g/mol. The molecule has 0 unspecified atom stereocenters. The summed E-state index contributed by atoms with van der Waals surface area (Å²) < 4.78 is 10.4. The molecule has 2 N–H and O–H groups in total. The smallest absolute Gasteiger partial charge is 0.228 e. The van der Waals surface area contributed by atoms with Gasteiger partial charge >= 0.3 is 0 Å². The molecule has 0 radical (unpaired) electrons. The Morgan fingerprint density at radius 1 is 1.45 bits per heavy atom. The second kappa shape index (κ2) is 6.37. The van der Waals surface area contributed by atoms with E-state index in [4.69, 9.17) is 9.26 Å². The number of piperidine rings is 1. The highest BCUT2D eigenvalue weighted by atomic mass is 16.5. The van der Waals surface area contributed by atoms with Gasteiger partial charge in [-0.1, -0.05) is 5.16 Å². The lowest BCUT2D eigenvalue weighted by Crippen LogP contribution is -2.50. The van der Waals surface area contributed by atoms with Gasteiger partial charge in [-0.15, -0.1) is 0 Å². The predicted molar refractivity (Wildman–Crippen MR) is 74.2 cm³/mol. The molecule has 1 amide bonds. The second-order valence-electron chi connectivity index (χ2n) is 5.45. The van der Waals surface area contributed by atoms with Crippen molar-refractivity contribution >= 4 is 5.91 Å². The van der Waals surface area contributed by atoms with Crippen LogP contribution in [0.3, 0.4) is 0 Å². The van der Waals surface area contributed by atoms with E-state index in [9.17, 15) is 4.79 Å². The minimum absolute atomic E-state index is 0.0563. The summed E-state index contributed by atoms with van der Waals surface area (Å²) in [6.45, 7) is 6.36. The first-order chi connectivity index (χ1) is 9.59. The van der Waals surface area contributed by atoms with E-state index in [1.807, 2.05) is 13.8 Å². The fourth-order valence-electron chi connectivity index (χ4n) is 2.73. The van der Waals surface area contributed by atoms with Gasteiger partial charge < -0.3 is 19.9 Å². The number of nitrogens with one attached hydrogen (secondary N) is 2. The van der Waals surface area contributed by atoms with E-state index in [1.54, 1.807) is 7.11 Å². The number of aromatic nitrogens is 1. The van der Waals surface area contributed by atoms with E-state index in [2.05, 4.69) is 15.8 Å². The first-order valence-electron chi connectivity index (χ1n) is 6.99. The van der Waals surface area contributed by atoms with Crippen LogP contribution in [0, 0.1) is 19.3 Å². The van der Waals surface area contributed by atoms with E-state index in [0.29, 0.717) is 13.2 Å². The van der Waals surface area contributed by atoms with Gasteiger partial charge in [0.25, 0.3) is 0 Å². The van der Waals surface area contributed by atoms with Crippen molar-refractivity contribution in [3.05, 3.63) is 17.0 Å². The van der Waals surface area contributed by atoms with Crippen molar-refractivity contribution < 1.29 is 14.1 Å². The number of rotatable bonds is 5. The van der Waals surface area contributed by atoms with E-state index in [1.165, 1.54) is 0 Å². The van der Waals surface area contributed by atoms with Gasteiger partial charge in [0.15, 0.2) is 0 Å². The predicted octanol–water partition coefficient (Wildman–Crippen LogP) is 0.924. The van der Waals surface area contributed by atoms with Crippen LogP contribution in [0.4, 0.5) is 0 Å². The zero-order chi connectivity index (χ0) is 14.6. The van der Waals surface area contributed by atoms with Crippen molar-refractivity contribution in [3.63, 3.8) is 0 Å². The normalized spacial score (nSPS) is 17.9. The van der Waals surface area contributed by atoms with Crippen LogP contribution in [0.2, 0.25) is 0 Å². The lowest BCUT2D eigenvalue weighted by Gasteiger charge is -2.35. The van der Waals surface area contributed by atoms with Gasteiger partial charge in [-0.25, -0.2) is 0 Å².